The van der Waals surface area contributed by atoms with E-state index in [2.05, 4.69) is 39.2 Å². The van der Waals surface area contributed by atoms with Gasteiger partial charge in [-0.3, -0.25) is 4.90 Å². The molecule has 0 spiro atoms. The summed E-state index contributed by atoms with van der Waals surface area (Å²) in [5, 5.41) is 0. The lowest BCUT2D eigenvalue weighted by atomic mass is 10.0. The van der Waals surface area contributed by atoms with Gasteiger partial charge in [0.25, 0.3) is 0 Å². The lowest BCUT2D eigenvalue weighted by molar-refractivity contribution is -0.139. The van der Waals surface area contributed by atoms with Crippen LogP contribution in [0.2, 0.25) is 0 Å². The van der Waals surface area contributed by atoms with Gasteiger partial charge in [-0.1, -0.05) is 84.1 Å². The molecule has 0 amide bonds. The Hall–Kier alpha value is -0.350. The molecule has 0 N–H and O–H groups in total. The van der Waals surface area contributed by atoms with Crippen molar-refractivity contribution in [1.29, 1.82) is 0 Å². The molecule has 0 bridgehead atoms. The van der Waals surface area contributed by atoms with Gasteiger partial charge in [-0.05, 0) is 40.7 Å². The summed E-state index contributed by atoms with van der Waals surface area (Å²) >= 11 is 0. The maximum Gasteiger partial charge on any atom is 0.333 e. The molecular formula is C24H48BrNO2. The molecule has 0 aromatic carbocycles. The van der Waals surface area contributed by atoms with E-state index in [-0.39, 0.29) is 28.5 Å². The van der Waals surface area contributed by atoms with E-state index < -0.39 is 0 Å². The van der Waals surface area contributed by atoms with Crippen LogP contribution in [0.5, 0.6) is 0 Å². The number of ether oxygens (including phenoxy) is 1. The van der Waals surface area contributed by atoms with Crippen LogP contribution < -0.4 is 0 Å². The molecule has 0 aliphatic heterocycles. The quantitative estimate of drug-likeness (QED) is 0.127. The Morgan fingerprint density at radius 1 is 0.821 bits per heavy atom. The fraction of sp³-hybridized carbons (Fsp3) is 0.875. The molecule has 0 saturated carbocycles. The second-order valence-electron chi connectivity index (χ2n) is 8.96. The van der Waals surface area contributed by atoms with Gasteiger partial charge in [0, 0.05) is 17.7 Å². The Bertz CT molecular complexity index is 391. The topological polar surface area (TPSA) is 29.5 Å². The van der Waals surface area contributed by atoms with E-state index in [0.717, 1.165) is 13.1 Å². The average Bonchev–Trinajstić information content (AvgIpc) is 2.59. The molecule has 168 valence electrons. The first-order chi connectivity index (χ1) is 12.8. The highest BCUT2D eigenvalue weighted by molar-refractivity contribution is 8.93. The van der Waals surface area contributed by atoms with Gasteiger partial charge < -0.3 is 4.74 Å². The molecule has 0 aromatic heterocycles. The Morgan fingerprint density at radius 2 is 1.25 bits per heavy atom. The average molecular weight is 463 g/mol. The van der Waals surface area contributed by atoms with E-state index in [9.17, 15) is 4.79 Å². The number of rotatable bonds is 17. The van der Waals surface area contributed by atoms with Gasteiger partial charge in [-0.15, -0.1) is 17.0 Å². The zero-order chi connectivity index (χ0) is 20.5. The maximum absolute atomic E-state index is 11.5. The van der Waals surface area contributed by atoms with Crippen molar-refractivity contribution in [2.45, 2.75) is 117 Å². The lowest BCUT2D eigenvalue weighted by Crippen LogP contribution is -2.44. The van der Waals surface area contributed by atoms with E-state index in [1.165, 1.54) is 77.0 Å². The van der Waals surface area contributed by atoms with Gasteiger partial charge in [0.05, 0.1) is 0 Å². The van der Waals surface area contributed by atoms with Crippen molar-refractivity contribution in [3.8, 4) is 0 Å². The normalized spacial score (nSPS) is 11.4. The zero-order valence-corrected chi connectivity index (χ0v) is 21.2. The SMILES string of the molecule is Br.C=C(C)C(=O)OCCN(CCCCCCCCCCCCCC)C(C)(C)C. The molecule has 0 aliphatic carbocycles. The first-order valence-electron chi connectivity index (χ1n) is 11.4. The minimum atomic E-state index is -0.283. The fourth-order valence-corrected chi connectivity index (χ4v) is 3.30. The first-order valence-corrected chi connectivity index (χ1v) is 11.4. The zero-order valence-electron chi connectivity index (χ0n) is 19.5. The summed E-state index contributed by atoms with van der Waals surface area (Å²) in [5.41, 5.74) is 0.575. The molecule has 3 nitrogen and oxygen atoms in total. The van der Waals surface area contributed by atoms with Crippen LogP contribution in [0.3, 0.4) is 0 Å². The third-order valence-electron chi connectivity index (χ3n) is 5.17. The van der Waals surface area contributed by atoms with Crippen LogP contribution in [0.1, 0.15) is 112 Å². The fourth-order valence-electron chi connectivity index (χ4n) is 3.30. The van der Waals surface area contributed by atoms with Gasteiger partial charge in [0.15, 0.2) is 0 Å². The Kier molecular flexibility index (Phi) is 19.9. The molecule has 0 aliphatic rings. The van der Waals surface area contributed by atoms with E-state index in [4.69, 9.17) is 4.74 Å². The van der Waals surface area contributed by atoms with Crippen molar-refractivity contribution >= 4 is 23.0 Å². The van der Waals surface area contributed by atoms with Gasteiger partial charge in [0.2, 0.25) is 0 Å². The summed E-state index contributed by atoms with van der Waals surface area (Å²) in [6.07, 6.45) is 16.5. The van der Waals surface area contributed by atoms with Crippen molar-refractivity contribution in [3.05, 3.63) is 12.2 Å². The van der Waals surface area contributed by atoms with Gasteiger partial charge in [-0.2, -0.15) is 0 Å². The van der Waals surface area contributed by atoms with Crippen LogP contribution in [-0.2, 0) is 9.53 Å². The molecule has 4 heteroatoms. The molecule has 0 unspecified atom stereocenters. The number of unbranched alkanes of at least 4 members (excludes halogenated alkanes) is 11. The minimum Gasteiger partial charge on any atom is -0.461 e. The second-order valence-corrected chi connectivity index (χ2v) is 8.96. The van der Waals surface area contributed by atoms with Crippen LogP contribution in [0, 0.1) is 0 Å². The number of halogens is 1. The Morgan fingerprint density at radius 3 is 1.64 bits per heavy atom. The molecule has 0 atom stereocenters. The van der Waals surface area contributed by atoms with Crippen LogP contribution in [-0.4, -0.2) is 36.1 Å². The molecular weight excluding hydrogens is 414 g/mol. The van der Waals surface area contributed by atoms with Crippen molar-refractivity contribution in [2.75, 3.05) is 19.7 Å². The van der Waals surface area contributed by atoms with Crippen LogP contribution >= 0.6 is 17.0 Å². The number of carbonyl (C=O) groups excluding carboxylic acids is 1. The molecule has 0 radical (unpaired) electrons. The van der Waals surface area contributed by atoms with Gasteiger partial charge in [0.1, 0.15) is 6.61 Å². The lowest BCUT2D eigenvalue weighted by Gasteiger charge is -2.35. The van der Waals surface area contributed by atoms with E-state index in [0.29, 0.717) is 12.2 Å². The third kappa shape index (κ3) is 17.7. The summed E-state index contributed by atoms with van der Waals surface area (Å²) in [6.45, 7) is 16.6. The van der Waals surface area contributed by atoms with Crippen molar-refractivity contribution in [3.63, 3.8) is 0 Å². The van der Waals surface area contributed by atoms with Gasteiger partial charge in [-0.25, -0.2) is 4.79 Å². The van der Waals surface area contributed by atoms with E-state index in [1.807, 2.05) is 0 Å². The first kappa shape index (κ1) is 29.8. The third-order valence-corrected chi connectivity index (χ3v) is 5.17. The maximum atomic E-state index is 11.5. The summed E-state index contributed by atoms with van der Waals surface area (Å²) < 4.78 is 5.26. The smallest absolute Gasteiger partial charge is 0.333 e. The highest BCUT2D eigenvalue weighted by Crippen LogP contribution is 2.16. The number of esters is 1. The predicted molar refractivity (Wildman–Crippen MR) is 128 cm³/mol. The Balaban J connectivity index is 0. The van der Waals surface area contributed by atoms with Crippen LogP contribution in [0.25, 0.3) is 0 Å². The van der Waals surface area contributed by atoms with Crippen molar-refractivity contribution in [2.24, 2.45) is 0 Å². The highest BCUT2D eigenvalue weighted by atomic mass is 79.9. The molecule has 0 fully saturated rings. The number of carbonyl (C=O) groups is 1. The minimum absolute atomic E-state index is 0. The molecule has 28 heavy (non-hydrogen) atoms. The summed E-state index contributed by atoms with van der Waals surface area (Å²) in [6, 6.07) is 0. The van der Waals surface area contributed by atoms with Gasteiger partial charge >= 0.3 is 5.97 Å². The molecule has 0 saturated heterocycles. The summed E-state index contributed by atoms with van der Waals surface area (Å²) in [7, 11) is 0. The Labute approximate surface area is 186 Å². The molecule has 0 aromatic rings. The predicted octanol–water partition coefficient (Wildman–Crippen LogP) is 7.49. The second kappa shape index (κ2) is 18.7. The largest absolute Gasteiger partial charge is 0.461 e. The number of hydrogen-bond acceptors (Lipinski definition) is 3. The van der Waals surface area contributed by atoms with E-state index >= 15 is 0 Å². The van der Waals surface area contributed by atoms with Crippen LogP contribution in [0.15, 0.2) is 12.2 Å². The van der Waals surface area contributed by atoms with Crippen LogP contribution in [0.4, 0.5) is 0 Å². The monoisotopic (exact) mass is 461 g/mol. The summed E-state index contributed by atoms with van der Waals surface area (Å²) in [5.74, 6) is -0.283. The summed E-state index contributed by atoms with van der Waals surface area (Å²) in [4.78, 5) is 13.9. The van der Waals surface area contributed by atoms with E-state index in [1.54, 1.807) is 6.92 Å². The number of hydrogen-bond donors (Lipinski definition) is 0. The molecule has 0 rings (SSSR count). The highest BCUT2D eigenvalue weighted by Gasteiger charge is 2.20. The van der Waals surface area contributed by atoms with Crippen molar-refractivity contribution in [1.82, 2.24) is 4.90 Å². The van der Waals surface area contributed by atoms with Crippen molar-refractivity contribution < 1.29 is 9.53 Å². The number of nitrogens with zero attached hydrogens (tertiary/aromatic N) is 1. The molecule has 0 heterocycles. The standard InChI is InChI=1S/C24H47NO2.BrH/c1-7-8-9-10-11-12-13-14-15-16-17-18-19-25(24(4,5)6)20-21-27-23(26)22(2)3;/h2,7-21H2,1,3-6H3;1H.